The standard InChI is InChI=1S/C20H22O4/c1-3-22-20(21)18-14(2)12-17(16-10-7-11-23-19(16)18)24-13-15-8-5-4-6-9-15/h4-6,8-9,12H,3,7,10-11,13H2,1-2H3. The van der Waals surface area contributed by atoms with Gasteiger partial charge in [-0.05, 0) is 43.9 Å². The maximum atomic E-state index is 12.3. The second-order valence-electron chi connectivity index (χ2n) is 5.82. The number of ether oxygens (including phenoxy) is 3. The van der Waals surface area contributed by atoms with Gasteiger partial charge in [0.15, 0.2) is 0 Å². The summed E-state index contributed by atoms with van der Waals surface area (Å²) in [6.45, 7) is 5.14. The summed E-state index contributed by atoms with van der Waals surface area (Å²) in [5.74, 6) is 1.09. The minimum absolute atomic E-state index is 0.331. The lowest BCUT2D eigenvalue weighted by Crippen LogP contribution is -2.17. The molecule has 3 rings (SSSR count). The van der Waals surface area contributed by atoms with E-state index in [0.29, 0.717) is 31.1 Å². The molecule has 4 nitrogen and oxygen atoms in total. The molecule has 0 fully saturated rings. The van der Waals surface area contributed by atoms with E-state index in [0.717, 1.165) is 35.3 Å². The Morgan fingerprint density at radius 1 is 1.25 bits per heavy atom. The average molecular weight is 326 g/mol. The van der Waals surface area contributed by atoms with Crippen molar-refractivity contribution in [1.82, 2.24) is 0 Å². The molecule has 0 spiro atoms. The quantitative estimate of drug-likeness (QED) is 0.777. The summed E-state index contributed by atoms with van der Waals surface area (Å²) < 4.78 is 17.0. The maximum absolute atomic E-state index is 12.3. The van der Waals surface area contributed by atoms with Crippen LogP contribution in [0, 0.1) is 6.92 Å². The van der Waals surface area contributed by atoms with Crippen molar-refractivity contribution in [2.24, 2.45) is 0 Å². The number of hydrogen-bond donors (Lipinski definition) is 0. The molecular weight excluding hydrogens is 304 g/mol. The van der Waals surface area contributed by atoms with E-state index in [2.05, 4.69) is 0 Å². The molecule has 0 bridgehead atoms. The molecule has 0 atom stereocenters. The number of aryl methyl sites for hydroxylation is 1. The highest BCUT2D eigenvalue weighted by atomic mass is 16.5. The van der Waals surface area contributed by atoms with Crippen LogP contribution in [0.2, 0.25) is 0 Å². The minimum Gasteiger partial charge on any atom is -0.492 e. The summed E-state index contributed by atoms with van der Waals surface area (Å²) >= 11 is 0. The van der Waals surface area contributed by atoms with Crippen LogP contribution in [0.1, 0.15) is 40.4 Å². The van der Waals surface area contributed by atoms with Gasteiger partial charge in [0.05, 0.1) is 13.2 Å². The van der Waals surface area contributed by atoms with Gasteiger partial charge in [-0.3, -0.25) is 0 Å². The molecule has 0 saturated carbocycles. The van der Waals surface area contributed by atoms with Crippen molar-refractivity contribution in [1.29, 1.82) is 0 Å². The SMILES string of the molecule is CCOC(=O)c1c(C)cc(OCc2ccccc2)c2c1OCCC2. The van der Waals surface area contributed by atoms with E-state index in [1.165, 1.54) is 0 Å². The molecule has 2 aromatic rings. The van der Waals surface area contributed by atoms with Crippen molar-refractivity contribution in [3.8, 4) is 11.5 Å². The van der Waals surface area contributed by atoms with Crippen LogP contribution in [-0.2, 0) is 17.8 Å². The Balaban J connectivity index is 1.93. The highest BCUT2D eigenvalue weighted by molar-refractivity contribution is 5.95. The molecule has 24 heavy (non-hydrogen) atoms. The summed E-state index contributed by atoms with van der Waals surface area (Å²) in [6, 6.07) is 11.9. The summed E-state index contributed by atoms with van der Waals surface area (Å²) in [5.41, 5.74) is 3.41. The van der Waals surface area contributed by atoms with Crippen molar-refractivity contribution in [2.45, 2.75) is 33.3 Å². The molecule has 0 aromatic heterocycles. The van der Waals surface area contributed by atoms with Crippen LogP contribution in [-0.4, -0.2) is 19.2 Å². The molecule has 1 aliphatic rings. The molecule has 0 N–H and O–H groups in total. The molecule has 0 aliphatic carbocycles. The van der Waals surface area contributed by atoms with Crippen LogP contribution >= 0.6 is 0 Å². The van der Waals surface area contributed by atoms with Gasteiger partial charge < -0.3 is 14.2 Å². The van der Waals surface area contributed by atoms with Crippen molar-refractivity contribution < 1.29 is 19.0 Å². The molecule has 126 valence electrons. The highest BCUT2D eigenvalue weighted by Gasteiger charge is 2.26. The van der Waals surface area contributed by atoms with Crippen molar-refractivity contribution in [2.75, 3.05) is 13.2 Å². The third-order valence-electron chi connectivity index (χ3n) is 4.07. The average Bonchev–Trinajstić information content (AvgIpc) is 2.60. The summed E-state index contributed by atoms with van der Waals surface area (Å²) in [7, 11) is 0. The Hall–Kier alpha value is -2.49. The summed E-state index contributed by atoms with van der Waals surface area (Å²) in [6.07, 6.45) is 1.76. The van der Waals surface area contributed by atoms with Crippen LogP contribution in [0.15, 0.2) is 36.4 Å². The number of carbonyl (C=O) groups excluding carboxylic acids is 1. The lowest BCUT2D eigenvalue weighted by Gasteiger charge is -2.24. The summed E-state index contributed by atoms with van der Waals surface area (Å²) in [4.78, 5) is 12.3. The van der Waals surface area contributed by atoms with Crippen LogP contribution in [0.4, 0.5) is 0 Å². The van der Waals surface area contributed by atoms with E-state index in [1.807, 2.05) is 43.3 Å². The molecule has 1 heterocycles. The van der Waals surface area contributed by atoms with Gasteiger partial charge in [-0.1, -0.05) is 30.3 Å². The number of rotatable bonds is 5. The highest BCUT2D eigenvalue weighted by Crippen LogP contribution is 2.39. The van der Waals surface area contributed by atoms with Gasteiger partial charge in [0.2, 0.25) is 0 Å². The molecule has 1 aliphatic heterocycles. The normalized spacial score (nSPS) is 12.9. The Labute approximate surface area is 142 Å². The Bertz CT molecular complexity index is 722. The third kappa shape index (κ3) is 3.37. The van der Waals surface area contributed by atoms with E-state index in [9.17, 15) is 4.79 Å². The first-order chi connectivity index (χ1) is 11.7. The fourth-order valence-electron chi connectivity index (χ4n) is 2.94. The number of benzene rings is 2. The van der Waals surface area contributed by atoms with E-state index < -0.39 is 0 Å². The monoisotopic (exact) mass is 326 g/mol. The molecule has 0 amide bonds. The Morgan fingerprint density at radius 2 is 2.04 bits per heavy atom. The van der Waals surface area contributed by atoms with Gasteiger partial charge in [0.25, 0.3) is 0 Å². The van der Waals surface area contributed by atoms with Crippen LogP contribution in [0.3, 0.4) is 0 Å². The molecule has 2 aromatic carbocycles. The molecule has 0 saturated heterocycles. The van der Waals surface area contributed by atoms with Crippen molar-refractivity contribution in [3.63, 3.8) is 0 Å². The zero-order valence-corrected chi connectivity index (χ0v) is 14.1. The van der Waals surface area contributed by atoms with Gasteiger partial charge in [-0.2, -0.15) is 0 Å². The zero-order valence-electron chi connectivity index (χ0n) is 14.1. The first-order valence-corrected chi connectivity index (χ1v) is 8.33. The maximum Gasteiger partial charge on any atom is 0.342 e. The smallest absolute Gasteiger partial charge is 0.342 e. The van der Waals surface area contributed by atoms with Crippen LogP contribution in [0.25, 0.3) is 0 Å². The van der Waals surface area contributed by atoms with E-state index in [4.69, 9.17) is 14.2 Å². The van der Waals surface area contributed by atoms with E-state index in [-0.39, 0.29) is 5.97 Å². The number of fused-ring (bicyclic) bond motifs is 1. The lowest BCUT2D eigenvalue weighted by molar-refractivity contribution is 0.0519. The van der Waals surface area contributed by atoms with Crippen LogP contribution < -0.4 is 9.47 Å². The summed E-state index contributed by atoms with van der Waals surface area (Å²) in [5, 5.41) is 0. The zero-order chi connectivity index (χ0) is 16.9. The second kappa shape index (κ2) is 7.39. The number of carbonyl (C=O) groups is 1. The van der Waals surface area contributed by atoms with Crippen LogP contribution in [0.5, 0.6) is 11.5 Å². The first-order valence-electron chi connectivity index (χ1n) is 8.33. The number of esters is 1. The molecule has 0 radical (unpaired) electrons. The largest absolute Gasteiger partial charge is 0.492 e. The van der Waals surface area contributed by atoms with E-state index >= 15 is 0 Å². The van der Waals surface area contributed by atoms with Gasteiger partial charge in [0, 0.05) is 5.56 Å². The van der Waals surface area contributed by atoms with Gasteiger partial charge in [-0.25, -0.2) is 4.79 Å². The minimum atomic E-state index is -0.331. The lowest BCUT2D eigenvalue weighted by atomic mass is 9.97. The predicted molar refractivity (Wildman–Crippen MR) is 91.7 cm³/mol. The van der Waals surface area contributed by atoms with Gasteiger partial charge >= 0.3 is 5.97 Å². The molecule has 0 unspecified atom stereocenters. The predicted octanol–water partition coefficient (Wildman–Crippen LogP) is 4.08. The van der Waals surface area contributed by atoms with E-state index in [1.54, 1.807) is 6.92 Å². The number of hydrogen-bond acceptors (Lipinski definition) is 4. The van der Waals surface area contributed by atoms with Gasteiger partial charge in [0.1, 0.15) is 23.7 Å². The first kappa shape index (κ1) is 16.4. The molecule has 4 heteroatoms. The third-order valence-corrected chi connectivity index (χ3v) is 4.07. The van der Waals surface area contributed by atoms with Crippen molar-refractivity contribution in [3.05, 3.63) is 58.7 Å². The fourth-order valence-corrected chi connectivity index (χ4v) is 2.94. The fraction of sp³-hybridized carbons (Fsp3) is 0.350. The van der Waals surface area contributed by atoms with Crippen molar-refractivity contribution >= 4 is 5.97 Å². The Kier molecular flexibility index (Phi) is 5.04. The topological polar surface area (TPSA) is 44.8 Å². The Morgan fingerprint density at radius 3 is 2.79 bits per heavy atom. The second-order valence-corrected chi connectivity index (χ2v) is 5.82. The molecular formula is C20H22O4. The van der Waals surface area contributed by atoms with Gasteiger partial charge in [-0.15, -0.1) is 0 Å².